The number of likely N-dealkylation sites (tertiary alicyclic amines) is 1. The van der Waals surface area contributed by atoms with Gasteiger partial charge in [0.2, 0.25) is 0 Å². The maximum Gasteiger partial charge on any atom is 0.410 e. The van der Waals surface area contributed by atoms with Gasteiger partial charge < -0.3 is 19.5 Å². The molecule has 6 nitrogen and oxygen atoms in total. The molecular weight excluding hydrogens is 346 g/mol. The van der Waals surface area contributed by atoms with Gasteiger partial charge in [0, 0.05) is 13.1 Å². The molecule has 0 bridgehead atoms. The zero-order valence-electron chi connectivity index (χ0n) is 16.7. The third-order valence-electron chi connectivity index (χ3n) is 4.72. The molecule has 1 aliphatic rings. The van der Waals surface area contributed by atoms with Crippen LogP contribution in [0.25, 0.3) is 0 Å². The highest BCUT2D eigenvalue weighted by atomic mass is 16.6. The number of carbonyl (C=O) groups excluding carboxylic acids is 2. The molecule has 0 saturated carbocycles. The molecule has 0 radical (unpaired) electrons. The number of aromatic hydroxyl groups is 1. The van der Waals surface area contributed by atoms with Gasteiger partial charge in [-0.3, -0.25) is 4.79 Å². The maximum absolute atomic E-state index is 12.4. The molecule has 150 valence electrons. The van der Waals surface area contributed by atoms with Crippen LogP contribution in [0, 0.1) is 11.8 Å². The van der Waals surface area contributed by atoms with E-state index in [1.54, 1.807) is 24.0 Å². The number of aryl methyl sites for hydroxylation is 1. The van der Waals surface area contributed by atoms with Gasteiger partial charge in [-0.05, 0) is 70.6 Å². The zero-order valence-corrected chi connectivity index (χ0v) is 16.7. The van der Waals surface area contributed by atoms with Crippen LogP contribution in [0.3, 0.4) is 0 Å². The quantitative estimate of drug-likeness (QED) is 0.791. The van der Waals surface area contributed by atoms with Gasteiger partial charge >= 0.3 is 12.1 Å². The number of hydrogen-bond donors (Lipinski definition) is 1. The standard InChI is InChI=1S/C21H31NO5/c1-5-26-19(24)18-12-13-22(20(25)27-21(2,3)4)14-16(18)9-6-15-7-10-17(23)11-8-15/h7-8,10-11,16,18,23H,5-6,9,12-14H2,1-4H3/t16-,18+/m1/s1. The average Bonchev–Trinajstić information content (AvgIpc) is 2.59. The largest absolute Gasteiger partial charge is 0.508 e. The molecule has 0 spiro atoms. The molecule has 2 rings (SSSR count). The molecule has 1 saturated heterocycles. The summed E-state index contributed by atoms with van der Waals surface area (Å²) in [6.07, 6.45) is 1.77. The molecule has 1 aromatic carbocycles. The molecule has 1 fully saturated rings. The Kier molecular flexibility index (Phi) is 7.11. The summed E-state index contributed by atoms with van der Waals surface area (Å²) in [6, 6.07) is 7.07. The third kappa shape index (κ3) is 6.45. The van der Waals surface area contributed by atoms with E-state index in [0.717, 1.165) is 18.4 Å². The van der Waals surface area contributed by atoms with Crippen LogP contribution in [0.15, 0.2) is 24.3 Å². The van der Waals surface area contributed by atoms with Crippen molar-refractivity contribution in [3.05, 3.63) is 29.8 Å². The molecule has 27 heavy (non-hydrogen) atoms. The SMILES string of the molecule is CCOC(=O)[C@H]1CCN(C(=O)OC(C)(C)C)C[C@H]1CCc1ccc(O)cc1. The van der Waals surface area contributed by atoms with Crippen molar-refractivity contribution < 1.29 is 24.2 Å². The van der Waals surface area contributed by atoms with Gasteiger partial charge in [-0.2, -0.15) is 0 Å². The number of piperidine rings is 1. The van der Waals surface area contributed by atoms with E-state index in [-0.39, 0.29) is 29.6 Å². The molecular formula is C21H31NO5. The van der Waals surface area contributed by atoms with Crippen molar-refractivity contribution in [3.63, 3.8) is 0 Å². The second-order valence-corrected chi connectivity index (χ2v) is 8.04. The fourth-order valence-corrected chi connectivity index (χ4v) is 3.39. The van der Waals surface area contributed by atoms with Gasteiger partial charge in [-0.1, -0.05) is 12.1 Å². The lowest BCUT2D eigenvalue weighted by Gasteiger charge is -2.38. The highest BCUT2D eigenvalue weighted by Crippen LogP contribution is 2.30. The van der Waals surface area contributed by atoms with Crippen LogP contribution in [-0.2, 0) is 20.7 Å². The monoisotopic (exact) mass is 377 g/mol. The maximum atomic E-state index is 12.4. The van der Waals surface area contributed by atoms with Crippen LogP contribution >= 0.6 is 0 Å². The Balaban J connectivity index is 2.05. The summed E-state index contributed by atoms with van der Waals surface area (Å²) in [4.78, 5) is 26.5. The van der Waals surface area contributed by atoms with E-state index in [4.69, 9.17) is 9.47 Å². The Morgan fingerprint density at radius 1 is 1.22 bits per heavy atom. The lowest BCUT2D eigenvalue weighted by Crippen LogP contribution is -2.48. The van der Waals surface area contributed by atoms with E-state index in [1.165, 1.54) is 0 Å². The van der Waals surface area contributed by atoms with Crippen molar-refractivity contribution >= 4 is 12.1 Å². The molecule has 1 aromatic rings. The van der Waals surface area contributed by atoms with E-state index in [0.29, 0.717) is 26.1 Å². The molecule has 1 heterocycles. The van der Waals surface area contributed by atoms with Crippen LogP contribution < -0.4 is 0 Å². The molecule has 6 heteroatoms. The minimum absolute atomic E-state index is 0.0131. The summed E-state index contributed by atoms with van der Waals surface area (Å²) >= 11 is 0. The predicted octanol–water partition coefficient (Wildman–Crippen LogP) is 3.76. The number of benzene rings is 1. The second-order valence-electron chi connectivity index (χ2n) is 8.04. The first-order valence-electron chi connectivity index (χ1n) is 9.62. The highest BCUT2D eigenvalue weighted by Gasteiger charge is 2.37. The van der Waals surface area contributed by atoms with E-state index in [1.807, 2.05) is 32.9 Å². The molecule has 1 amide bonds. The summed E-state index contributed by atoms with van der Waals surface area (Å²) in [5, 5.41) is 9.42. The van der Waals surface area contributed by atoms with Crippen LogP contribution in [0.4, 0.5) is 4.79 Å². The molecule has 1 aliphatic heterocycles. The topological polar surface area (TPSA) is 76.1 Å². The van der Waals surface area contributed by atoms with Gasteiger partial charge in [0.05, 0.1) is 12.5 Å². The minimum Gasteiger partial charge on any atom is -0.508 e. The Morgan fingerprint density at radius 3 is 2.48 bits per heavy atom. The molecule has 0 aromatic heterocycles. The molecule has 1 N–H and O–H groups in total. The van der Waals surface area contributed by atoms with E-state index < -0.39 is 5.60 Å². The second kappa shape index (κ2) is 9.11. The first kappa shape index (κ1) is 21.1. The molecule has 2 atom stereocenters. The first-order valence-corrected chi connectivity index (χ1v) is 9.62. The van der Waals surface area contributed by atoms with Crippen LogP contribution in [0.1, 0.15) is 46.1 Å². The van der Waals surface area contributed by atoms with Gasteiger partial charge in [0.25, 0.3) is 0 Å². The van der Waals surface area contributed by atoms with Gasteiger partial charge in [0.1, 0.15) is 11.4 Å². The zero-order chi connectivity index (χ0) is 20.0. The number of amides is 1. The minimum atomic E-state index is -0.545. The Hall–Kier alpha value is -2.24. The fraction of sp³-hybridized carbons (Fsp3) is 0.619. The molecule has 0 aliphatic carbocycles. The smallest absolute Gasteiger partial charge is 0.410 e. The van der Waals surface area contributed by atoms with Crippen LogP contribution in [0.5, 0.6) is 5.75 Å². The van der Waals surface area contributed by atoms with Gasteiger partial charge in [-0.25, -0.2) is 4.79 Å². The van der Waals surface area contributed by atoms with E-state index in [9.17, 15) is 14.7 Å². The number of carbonyl (C=O) groups is 2. The van der Waals surface area contributed by atoms with Crippen molar-refractivity contribution in [2.45, 2.75) is 52.6 Å². The number of hydrogen-bond acceptors (Lipinski definition) is 5. The average molecular weight is 377 g/mol. The van der Waals surface area contributed by atoms with E-state index >= 15 is 0 Å². The van der Waals surface area contributed by atoms with Crippen molar-refractivity contribution in [3.8, 4) is 5.75 Å². The number of ether oxygens (including phenoxy) is 2. The van der Waals surface area contributed by atoms with Crippen LogP contribution in [-0.4, -0.2) is 47.4 Å². The summed E-state index contributed by atoms with van der Waals surface area (Å²) in [6.45, 7) is 8.68. The van der Waals surface area contributed by atoms with E-state index in [2.05, 4.69) is 0 Å². The summed E-state index contributed by atoms with van der Waals surface area (Å²) in [5.74, 6) is -0.145. The Bertz CT molecular complexity index is 635. The lowest BCUT2D eigenvalue weighted by atomic mass is 9.82. The fourth-order valence-electron chi connectivity index (χ4n) is 3.39. The van der Waals surface area contributed by atoms with Crippen molar-refractivity contribution in [1.82, 2.24) is 4.90 Å². The Labute approximate surface area is 161 Å². The normalized spacial score (nSPS) is 20.2. The van der Waals surface area contributed by atoms with Crippen molar-refractivity contribution in [1.29, 1.82) is 0 Å². The lowest BCUT2D eigenvalue weighted by molar-refractivity contribution is -0.152. The van der Waals surface area contributed by atoms with Crippen LogP contribution in [0.2, 0.25) is 0 Å². The third-order valence-corrected chi connectivity index (χ3v) is 4.72. The summed E-state index contributed by atoms with van der Waals surface area (Å²) in [5.41, 5.74) is 0.543. The highest BCUT2D eigenvalue weighted by molar-refractivity contribution is 5.74. The number of nitrogens with zero attached hydrogens (tertiary/aromatic N) is 1. The van der Waals surface area contributed by atoms with Crippen molar-refractivity contribution in [2.75, 3.05) is 19.7 Å². The van der Waals surface area contributed by atoms with Gasteiger partial charge in [0.15, 0.2) is 0 Å². The number of phenols is 1. The predicted molar refractivity (Wildman–Crippen MR) is 102 cm³/mol. The number of rotatable bonds is 5. The summed E-state index contributed by atoms with van der Waals surface area (Å²) < 4.78 is 10.7. The number of esters is 1. The number of phenolic OH excluding ortho intramolecular Hbond substituents is 1. The van der Waals surface area contributed by atoms with Gasteiger partial charge in [-0.15, -0.1) is 0 Å². The Morgan fingerprint density at radius 2 is 1.89 bits per heavy atom. The first-order chi connectivity index (χ1) is 12.7. The van der Waals surface area contributed by atoms with Crippen molar-refractivity contribution in [2.24, 2.45) is 11.8 Å². The molecule has 0 unspecified atom stereocenters. The summed E-state index contributed by atoms with van der Waals surface area (Å²) in [7, 11) is 0.